The molecule has 2 aromatic rings. The molecule has 0 aliphatic rings. The maximum atomic E-state index is 11.6. The standard InChI is InChI=1S/C19H17NO6/c1-24-17(21)16-11-9-14(10-12-16)6-5-13-25-19(23)20-26-18(22)15-7-3-2-4-8-15/h2-12H,13H2,1H3,(H,20,23)/b6-5+. The quantitative estimate of drug-likeness (QED) is 0.504. The molecule has 1 N–H and O–H groups in total. The molecule has 7 nitrogen and oxygen atoms in total. The Balaban J connectivity index is 1.71. The van der Waals surface area contributed by atoms with Crippen molar-refractivity contribution in [3.8, 4) is 0 Å². The van der Waals surface area contributed by atoms with Crippen molar-refractivity contribution in [1.82, 2.24) is 5.48 Å². The number of ether oxygens (including phenoxy) is 2. The van der Waals surface area contributed by atoms with E-state index in [0.29, 0.717) is 11.1 Å². The Hall–Kier alpha value is -3.61. The van der Waals surface area contributed by atoms with Crippen LogP contribution in [-0.2, 0) is 14.3 Å². The Kier molecular flexibility index (Phi) is 6.93. The van der Waals surface area contributed by atoms with Gasteiger partial charge >= 0.3 is 18.0 Å². The van der Waals surface area contributed by atoms with Crippen molar-refractivity contribution in [3.05, 3.63) is 77.4 Å². The molecule has 0 saturated heterocycles. The van der Waals surface area contributed by atoms with Crippen molar-refractivity contribution in [2.75, 3.05) is 13.7 Å². The van der Waals surface area contributed by atoms with E-state index in [2.05, 4.69) is 9.57 Å². The zero-order chi connectivity index (χ0) is 18.8. The van der Waals surface area contributed by atoms with Gasteiger partial charge in [0.2, 0.25) is 0 Å². The lowest BCUT2D eigenvalue weighted by molar-refractivity contribution is 0.0223. The van der Waals surface area contributed by atoms with Crippen molar-refractivity contribution in [2.45, 2.75) is 0 Å². The summed E-state index contributed by atoms with van der Waals surface area (Å²) < 4.78 is 9.45. The molecule has 0 aliphatic heterocycles. The summed E-state index contributed by atoms with van der Waals surface area (Å²) in [5, 5.41) is 0. The van der Waals surface area contributed by atoms with Crippen molar-refractivity contribution in [3.63, 3.8) is 0 Å². The van der Waals surface area contributed by atoms with Gasteiger partial charge < -0.3 is 14.3 Å². The van der Waals surface area contributed by atoms with E-state index < -0.39 is 18.0 Å². The molecule has 0 heterocycles. The molecule has 0 saturated carbocycles. The predicted molar refractivity (Wildman–Crippen MR) is 93.2 cm³/mol. The molecule has 0 unspecified atom stereocenters. The molecular formula is C19H17NO6. The van der Waals surface area contributed by atoms with Crippen molar-refractivity contribution >= 4 is 24.1 Å². The van der Waals surface area contributed by atoms with Gasteiger partial charge in [0.05, 0.1) is 18.2 Å². The molecule has 0 atom stereocenters. The molecule has 134 valence electrons. The van der Waals surface area contributed by atoms with Crippen LogP contribution in [0.15, 0.2) is 60.7 Å². The molecule has 0 aliphatic carbocycles. The lowest BCUT2D eigenvalue weighted by atomic mass is 10.1. The minimum atomic E-state index is -0.889. The average Bonchev–Trinajstić information content (AvgIpc) is 2.70. The number of nitrogens with one attached hydrogen (secondary N) is 1. The number of amides is 1. The number of hydrogen-bond acceptors (Lipinski definition) is 6. The fourth-order valence-electron chi connectivity index (χ4n) is 1.91. The molecule has 1 amide bonds. The highest BCUT2D eigenvalue weighted by Gasteiger charge is 2.09. The normalized spacial score (nSPS) is 10.2. The topological polar surface area (TPSA) is 90.9 Å². The minimum Gasteiger partial charge on any atom is -0.465 e. The first kappa shape index (κ1) is 18.7. The number of esters is 1. The number of hydroxylamine groups is 1. The molecule has 0 bridgehead atoms. The van der Waals surface area contributed by atoms with Crippen LogP contribution in [0.1, 0.15) is 26.3 Å². The maximum absolute atomic E-state index is 11.6. The summed E-state index contributed by atoms with van der Waals surface area (Å²) in [5.41, 5.74) is 3.48. The van der Waals surface area contributed by atoms with E-state index in [-0.39, 0.29) is 6.61 Å². The van der Waals surface area contributed by atoms with Crippen LogP contribution in [0.3, 0.4) is 0 Å². The highest BCUT2D eigenvalue weighted by molar-refractivity contribution is 5.90. The van der Waals surface area contributed by atoms with Gasteiger partial charge in [-0.1, -0.05) is 36.4 Å². The third-order valence-electron chi connectivity index (χ3n) is 3.19. The third kappa shape index (κ3) is 5.79. The zero-order valence-corrected chi connectivity index (χ0v) is 14.0. The van der Waals surface area contributed by atoms with Gasteiger partial charge in [-0.2, -0.15) is 0 Å². The highest BCUT2D eigenvalue weighted by atomic mass is 16.7. The van der Waals surface area contributed by atoms with Gasteiger partial charge in [-0.15, -0.1) is 5.48 Å². The van der Waals surface area contributed by atoms with E-state index in [9.17, 15) is 14.4 Å². The Bertz CT molecular complexity index is 783. The Morgan fingerprint density at radius 2 is 1.58 bits per heavy atom. The molecule has 7 heteroatoms. The fraction of sp³-hybridized carbons (Fsp3) is 0.105. The number of hydrogen-bond donors (Lipinski definition) is 1. The van der Waals surface area contributed by atoms with Crippen LogP contribution in [0.4, 0.5) is 4.79 Å². The number of carbonyl (C=O) groups is 3. The summed E-state index contributed by atoms with van der Waals surface area (Å²) in [4.78, 5) is 39.0. The molecule has 26 heavy (non-hydrogen) atoms. The maximum Gasteiger partial charge on any atom is 0.441 e. The molecular weight excluding hydrogens is 338 g/mol. The number of methoxy groups -OCH3 is 1. The summed E-state index contributed by atoms with van der Waals surface area (Å²) in [6.07, 6.45) is 2.43. The Morgan fingerprint density at radius 3 is 2.23 bits per heavy atom. The van der Waals surface area contributed by atoms with Gasteiger partial charge in [-0.05, 0) is 35.9 Å². The first-order valence-electron chi connectivity index (χ1n) is 7.64. The number of carbonyl (C=O) groups excluding carboxylic acids is 3. The summed E-state index contributed by atoms with van der Waals surface area (Å²) in [6, 6.07) is 14.9. The Morgan fingerprint density at radius 1 is 0.923 bits per heavy atom. The second kappa shape index (κ2) is 9.63. The first-order valence-corrected chi connectivity index (χ1v) is 7.64. The molecule has 0 aromatic heterocycles. The van der Waals surface area contributed by atoms with Gasteiger partial charge in [-0.25, -0.2) is 14.4 Å². The van der Waals surface area contributed by atoms with Crippen LogP contribution in [-0.4, -0.2) is 31.7 Å². The van der Waals surface area contributed by atoms with Gasteiger partial charge in [0.25, 0.3) is 0 Å². The second-order valence-electron chi connectivity index (χ2n) is 4.97. The first-order chi connectivity index (χ1) is 12.6. The molecule has 2 rings (SSSR count). The summed E-state index contributed by atoms with van der Waals surface area (Å²) in [5.74, 6) is -1.10. The van der Waals surface area contributed by atoms with Gasteiger partial charge in [0.1, 0.15) is 6.61 Å². The summed E-state index contributed by atoms with van der Waals surface area (Å²) >= 11 is 0. The van der Waals surface area contributed by atoms with E-state index in [1.54, 1.807) is 66.7 Å². The fourth-order valence-corrected chi connectivity index (χ4v) is 1.91. The van der Waals surface area contributed by atoms with Crippen molar-refractivity contribution in [2.24, 2.45) is 0 Å². The second-order valence-corrected chi connectivity index (χ2v) is 4.97. The minimum absolute atomic E-state index is 0.0204. The molecule has 0 spiro atoms. The van der Waals surface area contributed by atoms with Crippen molar-refractivity contribution in [1.29, 1.82) is 0 Å². The lowest BCUT2D eigenvalue weighted by Gasteiger charge is -2.05. The monoisotopic (exact) mass is 355 g/mol. The zero-order valence-electron chi connectivity index (χ0n) is 14.0. The molecule has 0 fully saturated rings. The lowest BCUT2D eigenvalue weighted by Crippen LogP contribution is -2.27. The van der Waals surface area contributed by atoms with E-state index >= 15 is 0 Å². The summed E-state index contributed by atoms with van der Waals surface area (Å²) in [6.45, 7) is -0.0204. The van der Waals surface area contributed by atoms with Gasteiger partial charge in [-0.3, -0.25) is 0 Å². The van der Waals surface area contributed by atoms with E-state index in [1.165, 1.54) is 7.11 Å². The van der Waals surface area contributed by atoms with E-state index in [1.807, 2.05) is 5.48 Å². The van der Waals surface area contributed by atoms with Gasteiger partial charge in [0, 0.05) is 0 Å². The van der Waals surface area contributed by atoms with E-state index in [0.717, 1.165) is 5.56 Å². The number of benzene rings is 2. The van der Waals surface area contributed by atoms with Crippen LogP contribution in [0, 0.1) is 0 Å². The van der Waals surface area contributed by atoms with Crippen LogP contribution < -0.4 is 5.48 Å². The van der Waals surface area contributed by atoms with Gasteiger partial charge in [0.15, 0.2) is 0 Å². The smallest absolute Gasteiger partial charge is 0.441 e. The largest absolute Gasteiger partial charge is 0.465 e. The Labute approximate surface area is 150 Å². The summed E-state index contributed by atoms with van der Waals surface area (Å²) in [7, 11) is 1.32. The van der Waals surface area contributed by atoms with E-state index in [4.69, 9.17) is 4.74 Å². The van der Waals surface area contributed by atoms with Crippen molar-refractivity contribution < 1.29 is 28.7 Å². The SMILES string of the molecule is COC(=O)c1ccc(/C=C/COC(=O)NOC(=O)c2ccccc2)cc1. The van der Waals surface area contributed by atoms with Crippen LogP contribution in [0.2, 0.25) is 0 Å². The predicted octanol–water partition coefficient (Wildman–Crippen LogP) is 2.98. The third-order valence-corrected chi connectivity index (χ3v) is 3.19. The number of rotatable bonds is 5. The van der Waals surface area contributed by atoms with Crippen LogP contribution >= 0.6 is 0 Å². The molecule has 2 aromatic carbocycles. The van der Waals surface area contributed by atoms with Crippen LogP contribution in [0.5, 0.6) is 0 Å². The van der Waals surface area contributed by atoms with Crippen LogP contribution in [0.25, 0.3) is 6.08 Å². The molecule has 0 radical (unpaired) electrons. The average molecular weight is 355 g/mol. The highest BCUT2D eigenvalue weighted by Crippen LogP contribution is 2.07.